The van der Waals surface area contributed by atoms with Crippen LogP contribution >= 0.6 is 35.3 Å². The van der Waals surface area contributed by atoms with Crippen LogP contribution < -0.4 is 5.32 Å². The van der Waals surface area contributed by atoms with E-state index >= 15 is 0 Å². The number of nitrogens with one attached hydrogen (secondary N) is 1. The van der Waals surface area contributed by atoms with Crippen LogP contribution in [0.25, 0.3) is 0 Å². The smallest absolute Gasteiger partial charge is 0.194 e. The molecule has 6 nitrogen and oxygen atoms in total. The number of nitrogens with zero attached hydrogens (tertiary/aromatic N) is 4. The molecule has 2 aliphatic heterocycles. The van der Waals surface area contributed by atoms with Gasteiger partial charge in [-0.1, -0.05) is 0 Å². The number of aliphatic imine (C=N–C) groups is 1. The monoisotopic (exact) mass is 493 g/mol. The molecule has 8 heteroatoms. The number of rotatable bonds is 5. The number of likely N-dealkylation sites (tertiary alicyclic amines) is 1. The standard InChI is InChI=1S/C18H31N5OS.HI/c1-4-19-18(20-11-17-21-14(2)15(3)25-17)23-6-5-16(13-23)12-22-7-9-24-10-8-22;/h16H,4-13H2,1-3H3,(H,19,20);1H. The molecule has 0 radical (unpaired) electrons. The Kier molecular flexibility index (Phi) is 9.05. The van der Waals surface area contributed by atoms with Crippen molar-refractivity contribution in [3.63, 3.8) is 0 Å². The second kappa shape index (κ2) is 10.8. The first-order chi connectivity index (χ1) is 12.2. The van der Waals surface area contributed by atoms with Crippen LogP contribution in [0.5, 0.6) is 0 Å². The molecule has 2 saturated heterocycles. The van der Waals surface area contributed by atoms with Crippen LogP contribution in [-0.4, -0.2) is 73.2 Å². The summed E-state index contributed by atoms with van der Waals surface area (Å²) in [7, 11) is 0. The summed E-state index contributed by atoms with van der Waals surface area (Å²) < 4.78 is 5.45. The van der Waals surface area contributed by atoms with Gasteiger partial charge in [0.1, 0.15) is 5.01 Å². The molecular weight excluding hydrogens is 461 g/mol. The quantitative estimate of drug-likeness (QED) is 0.388. The zero-order valence-corrected chi connectivity index (χ0v) is 19.3. The lowest BCUT2D eigenvalue weighted by Crippen LogP contribution is -2.42. The van der Waals surface area contributed by atoms with Gasteiger partial charge in [0.05, 0.1) is 25.5 Å². The fourth-order valence-corrected chi connectivity index (χ4v) is 4.36. The van der Waals surface area contributed by atoms with Crippen molar-refractivity contribution < 1.29 is 4.74 Å². The van der Waals surface area contributed by atoms with Crippen LogP contribution in [0, 0.1) is 19.8 Å². The van der Waals surface area contributed by atoms with Crippen molar-refractivity contribution in [3.05, 3.63) is 15.6 Å². The molecule has 0 amide bonds. The number of hydrogen-bond acceptors (Lipinski definition) is 5. The summed E-state index contributed by atoms with van der Waals surface area (Å²) in [5, 5.41) is 4.57. The largest absolute Gasteiger partial charge is 0.379 e. The second-order valence-electron chi connectivity index (χ2n) is 6.93. The van der Waals surface area contributed by atoms with E-state index in [2.05, 4.69) is 40.9 Å². The van der Waals surface area contributed by atoms with Gasteiger partial charge in [0, 0.05) is 44.1 Å². The van der Waals surface area contributed by atoms with Gasteiger partial charge in [-0.25, -0.2) is 9.98 Å². The maximum absolute atomic E-state index is 5.45. The van der Waals surface area contributed by atoms with E-state index in [9.17, 15) is 0 Å². The summed E-state index contributed by atoms with van der Waals surface area (Å²) in [5.41, 5.74) is 1.13. The SMILES string of the molecule is CCNC(=NCc1nc(C)c(C)s1)N1CCC(CN2CCOCC2)C1.I. The molecular formula is C18H32IN5OS. The summed E-state index contributed by atoms with van der Waals surface area (Å²) in [6.07, 6.45) is 1.25. The molecule has 26 heavy (non-hydrogen) atoms. The molecule has 0 aromatic carbocycles. The van der Waals surface area contributed by atoms with Gasteiger partial charge in [-0.15, -0.1) is 35.3 Å². The van der Waals surface area contributed by atoms with Gasteiger partial charge < -0.3 is 15.0 Å². The van der Waals surface area contributed by atoms with Gasteiger partial charge in [-0.05, 0) is 33.1 Å². The van der Waals surface area contributed by atoms with E-state index in [0.29, 0.717) is 6.54 Å². The summed E-state index contributed by atoms with van der Waals surface area (Å²) in [6, 6.07) is 0. The minimum atomic E-state index is 0. The third-order valence-electron chi connectivity index (χ3n) is 4.98. The average Bonchev–Trinajstić information content (AvgIpc) is 3.19. The Morgan fingerprint density at radius 2 is 2.08 bits per heavy atom. The van der Waals surface area contributed by atoms with E-state index in [-0.39, 0.29) is 24.0 Å². The van der Waals surface area contributed by atoms with Crippen molar-refractivity contribution in [2.24, 2.45) is 10.9 Å². The fourth-order valence-electron chi connectivity index (χ4n) is 3.50. The first-order valence-corrected chi connectivity index (χ1v) is 10.2. The topological polar surface area (TPSA) is 53.0 Å². The minimum Gasteiger partial charge on any atom is -0.379 e. The molecule has 0 aliphatic carbocycles. The summed E-state index contributed by atoms with van der Waals surface area (Å²) in [6.45, 7) is 15.2. The van der Waals surface area contributed by atoms with Crippen LogP contribution in [0.1, 0.15) is 28.9 Å². The Labute approximate surface area is 178 Å². The van der Waals surface area contributed by atoms with Crippen molar-refractivity contribution in [2.75, 3.05) is 52.5 Å². The molecule has 0 spiro atoms. The van der Waals surface area contributed by atoms with Crippen LogP contribution in [0.3, 0.4) is 0 Å². The van der Waals surface area contributed by atoms with Crippen molar-refractivity contribution in [3.8, 4) is 0 Å². The highest BCUT2D eigenvalue weighted by atomic mass is 127. The maximum atomic E-state index is 5.45. The van der Waals surface area contributed by atoms with E-state index in [1.54, 1.807) is 11.3 Å². The fraction of sp³-hybridized carbons (Fsp3) is 0.778. The predicted molar refractivity (Wildman–Crippen MR) is 119 cm³/mol. The van der Waals surface area contributed by atoms with Crippen LogP contribution in [0.2, 0.25) is 0 Å². The number of guanidine groups is 1. The van der Waals surface area contributed by atoms with Gasteiger partial charge in [0.15, 0.2) is 5.96 Å². The third kappa shape index (κ3) is 6.03. The molecule has 1 aromatic rings. The highest BCUT2D eigenvalue weighted by Crippen LogP contribution is 2.20. The number of halogens is 1. The molecule has 1 atom stereocenters. The minimum absolute atomic E-state index is 0. The van der Waals surface area contributed by atoms with E-state index in [1.807, 2.05) is 0 Å². The number of aromatic nitrogens is 1. The Hall–Kier alpha value is -0.450. The molecule has 3 rings (SSSR count). The van der Waals surface area contributed by atoms with E-state index < -0.39 is 0 Å². The van der Waals surface area contributed by atoms with Gasteiger partial charge in [0.2, 0.25) is 0 Å². The first kappa shape index (κ1) is 21.8. The van der Waals surface area contributed by atoms with Crippen molar-refractivity contribution >= 4 is 41.3 Å². The van der Waals surface area contributed by atoms with E-state index in [4.69, 9.17) is 9.73 Å². The van der Waals surface area contributed by atoms with E-state index in [0.717, 1.165) is 68.5 Å². The Balaban J connectivity index is 0.00000243. The molecule has 2 fully saturated rings. The van der Waals surface area contributed by atoms with Gasteiger partial charge in [-0.3, -0.25) is 4.90 Å². The lowest BCUT2D eigenvalue weighted by Gasteiger charge is -2.29. The molecule has 1 aromatic heterocycles. The first-order valence-electron chi connectivity index (χ1n) is 9.42. The van der Waals surface area contributed by atoms with Crippen molar-refractivity contribution in [1.82, 2.24) is 20.1 Å². The molecule has 1 N–H and O–H groups in total. The maximum Gasteiger partial charge on any atom is 0.194 e. The summed E-state index contributed by atoms with van der Waals surface area (Å²) in [5.74, 6) is 1.77. The van der Waals surface area contributed by atoms with Crippen molar-refractivity contribution in [1.29, 1.82) is 0 Å². The summed E-state index contributed by atoms with van der Waals surface area (Å²) in [4.78, 5) is 15.7. The molecule has 0 bridgehead atoms. The molecule has 1 unspecified atom stereocenters. The highest BCUT2D eigenvalue weighted by Gasteiger charge is 2.27. The zero-order chi connectivity index (χ0) is 17.6. The lowest BCUT2D eigenvalue weighted by molar-refractivity contribution is 0.0315. The highest BCUT2D eigenvalue weighted by molar-refractivity contribution is 14.0. The second-order valence-corrected chi connectivity index (χ2v) is 8.22. The molecule has 3 heterocycles. The average molecular weight is 493 g/mol. The number of aryl methyl sites for hydroxylation is 2. The number of morpholine rings is 1. The lowest BCUT2D eigenvalue weighted by atomic mass is 10.1. The molecule has 0 saturated carbocycles. The molecule has 148 valence electrons. The number of thiazole rings is 1. The van der Waals surface area contributed by atoms with Gasteiger partial charge >= 0.3 is 0 Å². The summed E-state index contributed by atoms with van der Waals surface area (Å²) >= 11 is 1.76. The number of hydrogen-bond donors (Lipinski definition) is 1. The Morgan fingerprint density at radius 3 is 2.73 bits per heavy atom. The van der Waals surface area contributed by atoms with Crippen LogP contribution in [0.4, 0.5) is 0 Å². The van der Waals surface area contributed by atoms with Gasteiger partial charge in [-0.2, -0.15) is 0 Å². The molecule has 2 aliphatic rings. The predicted octanol–water partition coefficient (Wildman–Crippen LogP) is 2.50. The van der Waals surface area contributed by atoms with E-state index in [1.165, 1.54) is 17.8 Å². The number of ether oxygens (including phenoxy) is 1. The van der Waals surface area contributed by atoms with Crippen LogP contribution in [-0.2, 0) is 11.3 Å². The normalized spacial score (nSPS) is 21.7. The van der Waals surface area contributed by atoms with Crippen LogP contribution in [0.15, 0.2) is 4.99 Å². The third-order valence-corrected chi connectivity index (χ3v) is 6.03. The van der Waals surface area contributed by atoms with Crippen molar-refractivity contribution in [2.45, 2.75) is 33.7 Å². The Morgan fingerprint density at radius 1 is 1.31 bits per heavy atom. The zero-order valence-electron chi connectivity index (χ0n) is 16.2. The van der Waals surface area contributed by atoms with Gasteiger partial charge in [0.25, 0.3) is 0 Å². The Bertz CT molecular complexity index is 569.